The Morgan fingerprint density at radius 2 is 1.75 bits per heavy atom. The van der Waals surface area contributed by atoms with Gasteiger partial charge in [0.15, 0.2) is 0 Å². The van der Waals surface area contributed by atoms with Gasteiger partial charge in [-0.1, -0.05) is 36.4 Å². The lowest BCUT2D eigenvalue weighted by Gasteiger charge is -2.36. The van der Waals surface area contributed by atoms with Crippen molar-refractivity contribution in [2.45, 2.75) is 0 Å². The molecule has 0 spiro atoms. The Morgan fingerprint density at radius 1 is 1.03 bits per heavy atom. The first-order valence-electron chi connectivity index (χ1n) is 10.4. The fraction of sp³-hybridized carbons (Fsp3) is 0.200. The van der Waals surface area contributed by atoms with E-state index >= 15 is 0 Å². The predicted molar refractivity (Wildman–Crippen MR) is 125 cm³/mol. The molecule has 1 heterocycles. The van der Waals surface area contributed by atoms with E-state index in [2.05, 4.69) is 10.2 Å². The second-order valence-corrected chi connectivity index (χ2v) is 7.48. The molecule has 3 aromatic carbocycles. The maximum absolute atomic E-state index is 12.8. The molecule has 32 heavy (non-hydrogen) atoms. The summed E-state index contributed by atoms with van der Waals surface area (Å²) >= 11 is 0. The molecule has 3 aromatic rings. The maximum atomic E-state index is 12.8. The maximum Gasteiger partial charge on any atom is 0.267 e. The van der Waals surface area contributed by atoms with E-state index in [-0.39, 0.29) is 11.3 Å². The van der Waals surface area contributed by atoms with Crippen LogP contribution in [0.5, 0.6) is 11.5 Å². The highest BCUT2D eigenvalue weighted by Gasteiger charge is 2.20. The van der Waals surface area contributed by atoms with E-state index in [1.54, 1.807) is 43.6 Å². The Balaban J connectivity index is 1.46. The van der Waals surface area contributed by atoms with Gasteiger partial charge in [0.1, 0.15) is 23.1 Å². The Kier molecular flexibility index (Phi) is 6.13. The number of methoxy groups -OCH3 is 1. The Labute approximate surface area is 186 Å². The highest BCUT2D eigenvalue weighted by Crippen LogP contribution is 2.30. The van der Waals surface area contributed by atoms with Crippen molar-refractivity contribution >= 4 is 28.1 Å². The zero-order valence-corrected chi connectivity index (χ0v) is 17.8. The van der Waals surface area contributed by atoms with E-state index in [1.807, 2.05) is 41.3 Å². The molecule has 162 valence electrons. The largest absolute Gasteiger partial charge is 0.507 e. The summed E-state index contributed by atoms with van der Waals surface area (Å²) in [5.74, 6) is 0.493. The molecule has 0 unspecified atom stereocenters. The van der Waals surface area contributed by atoms with Gasteiger partial charge in [0.2, 0.25) is 0 Å². The number of piperazine rings is 1. The number of para-hydroxylation sites is 2. The van der Waals surface area contributed by atoms with Crippen molar-refractivity contribution < 1.29 is 14.6 Å². The Bertz CT molecular complexity index is 1210. The van der Waals surface area contributed by atoms with Gasteiger partial charge in [0.25, 0.3) is 5.91 Å². The molecule has 1 fully saturated rings. The van der Waals surface area contributed by atoms with Gasteiger partial charge in [0, 0.05) is 48.8 Å². The number of phenols is 1. The van der Waals surface area contributed by atoms with Gasteiger partial charge in [-0.3, -0.25) is 4.79 Å². The van der Waals surface area contributed by atoms with Crippen molar-refractivity contribution in [1.29, 1.82) is 5.26 Å². The number of benzene rings is 3. The zero-order valence-electron chi connectivity index (χ0n) is 17.8. The minimum Gasteiger partial charge on any atom is -0.507 e. The fourth-order valence-corrected chi connectivity index (χ4v) is 3.90. The number of aromatic hydroxyl groups is 1. The third-order valence-corrected chi connectivity index (χ3v) is 5.56. The number of amides is 1. The number of ether oxygens (including phenoxy) is 1. The number of carbonyl (C=O) groups is 1. The van der Waals surface area contributed by atoms with Crippen LogP contribution in [-0.2, 0) is 4.79 Å². The molecule has 0 radical (unpaired) electrons. The van der Waals surface area contributed by atoms with Gasteiger partial charge >= 0.3 is 0 Å². The molecular formula is C25H24N4O3. The van der Waals surface area contributed by atoms with Crippen LogP contribution in [0.1, 0.15) is 0 Å². The van der Waals surface area contributed by atoms with Gasteiger partial charge in [0.05, 0.1) is 12.8 Å². The van der Waals surface area contributed by atoms with Crippen molar-refractivity contribution in [2.75, 3.05) is 43.5 Å². The summed E-state index contributed by atoms with van der Waals surface area (Å²) in [6.45, 7) is 2.86. The average Bonchev–Trinajstić information content (AvgIpc) is 2.83. The van der Waals surface area contributed by atoms with E-state index in [0.29, 0.717) is 29.5 Å². The normalized spacial score (nSPS) is 14.2. The number of phenolic OH excluding ortho intramolecular Hbond substituents is 1. The molecule has 0 bridgehead atoms. The molecular weight excluding hydrogens is 404 g/mol. The minimum atomic E-state index is -0.476. The van der Waals surface area contributed by atoms with Gasteiger partial charge in [-0.05, 0) is 24.3 Å². The second-order valence-electron chi connectivity index (χ2n) is 7.48. The third kappa shape index (κ3) is 4.30. The summed E-state index contributed by atoms with van der Waals surface area (Å²) in [6.07, 6.45) is 1.62. The summed E-state index contributed by atoms with van der Waals surface area (Å²) in [6, 6.07) is 20.3. The predicted octanol–water partition coefficient (Wildman–Crippen LogP) is 3.72. The van der Waals surface area contributed by atoms with Crippen molar-refractivity contribution in [3.05, 3.63) is 72.4 Å². The molecule has 1 saturated heterocycles. The lowest BCUT2D eigenvalue weighted by atomic mass is 10.1. The SMILES string of the molecule is COc1ccccc1N1CCN(/C=C(/C#N)C(=O)Nc2cccc3c(O)cccc23)CC1. The molecule has 1 aliphatic rings. The number of fused-ring (bicyclic) bond motifs is 1. The Hall–Kier alpha value is -4.18. The van der Waals surface area contributed by atoms with Crippen molar-refractivity contribution in [2.24, 2.45) is 0 Å². The van der Waals surface area contributed by atoms with Crippen molar-refractivity contribution in [3.63, 3.8) is 0 Å². The minimum absolute atomic E-state index is 0.0351. The van der Waals surface area contributed by atoms with E-state index in [1.165, 1.54) is 0 Å². The first-order chi connectivity index (χ1) is 15.6. The number of hydrogen-bond donors (Lipinski definition) is 2. The summed E-state index contributed by atoms with van der Waals surface area (Å²) in [5, 5.41) is 23.8. The van der Waals surface area contributed by atoms with Crippen LogP contribution in [0.3, 0.4) is 0 Å². The molecule has 0 aliphatic carbocycles. The van der Waals surface area contributed by atoms with Crippen LogP contribution >= 0.6 is 0 Å². The van der Waals surface area contributed by atoms with E-state index < -0.39 is 5.91 Å². The quantitative estimate of drug-likeness (QED) is 0.476. The van der Waals surface area contributed by atoms with E-state index in [0.717, 1.165) is 24.5 Å². The van der Waals surface area contributed by atoms with Gasteiger partial charge in [-0.15, -0.1) is 0 Å². The molecule has 7 nitrogen and oxygen atoms in total. The van der Waals surface area contributed by atoms with Crippen LogP contribution in [0, 0.1) is 11.3 Å². The lowest BCUT2D eigenvalue weighted by molar-refractivity contribution is -0.112. The van der Waals surface area contributed by atoms with Crippen LogP contribution in [0.4, 0.5) is 11.4 Å². The molecule has 1 amide bonds. The number of nitrogens with zero attached hydrogens (tertiary/aromatic N) is 3. The van der Waals surface area contributed by atoms with Gasteiger partial charge in [-0.2, -0.15) is 5.26 Å². The fourth-order valence-electron chi connectivity index (χ4n) is 3.90. The second kappa shape index (κ2) is 9.31. The number of rotatable bonds is 5. The molecule has 7 heteroatoms. The topological polar surface area (TPSA) is 88.8 Å². The average molecular weight is 428 g/mol. The van der Waals surface area contributed by atoms with Crippen LogP contribution in [0.2, 0.25) is 0 Å². The number of hydrogen-bond acceptors (Lipinski definition) is 6. The summed E-state index contributed by atoms with van der Waals surface area (Å²) in [7, 11) is 1.66. The standard InChI is InChI=1S/C25H24N4O3/c1-32-24-11-3-2-9-22(24)29-14-12-28(13-15-29)17-18(16-26)25(31)27-21-8-4-7-20-19(21)6-5-10-23(20)30/h2-11,17,30H,12-15H2,1H3,(H,27,31)/b18-17-. The Morgan fingerprint density at radius 3 is 2.50 bits per heavy atom. The van der Waals surface area contributed by atoms with Crippen molar-refractivity contribution in [1.82, 2.24) is 4.90 Å². The van der Waals surface area contributed by atoms with Crippen LogP contribution in [0.15, 0.2) is 72.4 Å². The van der Waals surface area contributed by atoms with Crippen molar-refractivity contribution in [3.8, 4) is 17.6 Å². The molecule has 0 aromatic heterocycles. The number of anilines is 2. The number of carbonyl (C=O) groups excluding carboxylic acids is 1. The first kappa shape index (κ1) is 21.1. The lowest BCUT2D eigenvalue weighted by Crippen LogP contribution is -2.44. The van der Waals surface area contributed by atoms with Gasteiger partial charge < -0.3 is 25.0 Å². The zero-order chi connectivity index (χ0) is 22.5. The highest BCUT2D eigenvalue weighted by molar-refractivity contribution is 6.11. The number of nitrogens with one attached hydrogen (secondary N) is 1. The monoisotopic (exact) mass is 428 g/mol. The molecule has 2 N–H and O–H groups in total. The molecule has 4 rings (SSSR count). The van der Waals surface area contributed by atoms with Gasteiger partial charge in [-0.25, -0.2) is 0 Å². The molecule has 0 atom stereocenters. The highest BCUT2D eigenvalue weighted by atomic mass is 16.5. The van der Waals surface area contributed by atoms with E-state index in [9.17, 15) is 15.2 Å². The molecule has 0 saturated carbocycles. The summed E-state index contributed by atoms with van der Waals surface area (Å²) < 4.78 is 5.45. The molecule has 1 aliphatic heterocycles. The smallest absolute Gasteiger partial charge is 0.267 e. The first-order valence-corrected chi connectivity index (χ1v) is 10.4. The van der Waals surface area contributed by atoms with Crippen LogP contribution in [0.25, 0.3) is 10.8 Å². The third-order valence-electron chi connectivity index (χ3n) is 5.56. The van der Waals surface area contributed by atoms with Crippen LogP contribution in [-0.4, -0.2) is 49.2 Å². The summed E-state index contributed by atoms with van der Waals surface area (Å²) in [4.78, 5) is 17.0. The number of nitriles is 1. The van der Waals surface area contributed by atoms with Crippen LogP contribution < -0.4 is 15.0 Å². The summed E-state index contributed by atoms with van der Waals surface area (Å²) in [5.41, 5.74) is 1.62. The van der Waals surface area contributed by atoms with E-state index in [4.69, 9.17) is 4.74 Å².